The van der Waals surface area contributed by atoms with Gasteiger partial charge in [-0.15, -0.1) is 0 Å². The van der Waals surface area contributed by atoms with Crippen molar-refractivity contribution in [1.82, 2.24) is 9.88 Å². The van der Waals surface area contributed by atoms with E-state index in [0.717, 1.165) is 24.2 Å². The molecule has 0 aliphatic carbocycles. The molecular formula is C18H22N4O2. The first kappa shape index (κ1) is 16.3. The second-order valence-corrected chi connectivity index (χ2v) is 5.52. The molecule has 2 N–H and O–H groups in total. The Kier molecular flexibility index (Phi) is 5.63. The van der Waals surface area contributed by atoms with Crippen LogP contribution in [0.1, 0.15) is 11.1 Å². The molecule has 1 fully saturated rings. The number of guanidine groups is 1. The summed E-state index contributed by atoms with van der Waals surface area (Å²) in [6, 6.07) is 13.9. The first-order valence-corrected chi connectivity index (χ1v) is 8.06. The highest BCUT2D eigenvalue weighted by Crippen LogP contribution is 2.17. The lowest BCUT2D eigenvalue weighted by molar-refractivity contribution is 0.0674. The molecule has 6 heteroatoms. The second kappa shape index (κ2) is 8.31. The van der Waals surface area contributed by atoms with Crippen molar-refractivity contribution >= 4 is 5.96 Å². The van der Waals surface area contributed by atoms with Crippen molar-refractivity contribution in [1.29, 1.82) is 0 Å². The minimum absolute atomic E-state index is 0.446. The van der Waals surface area contributed by atoms with Gasteiger partial charge in [-0.05, 0) is 11.6 Å². The number of nitrogens with zero attached hydrogens (tertiary/aromatic N) is 3. The topological polar surface area (TPSA) is 73.0 Å². The van der Waals surface area contributed by atoms with Crippen molar-refractivity contribution in [3.8, 4) is 5.88 Å². The number of morpholine rings is 1. The molecule has 24 heavy (non-hydrogen) atoms. The van der Waals surface area contributed by atoms with Crippen LogP contribution in [0.5, 0.6) is 5.88 Å². The number of rotatable bonds is 5. The van der Waals surface area contributed by atoms with Gasteiger partial charge in [0.25, 0.3) is 0 Å². The van der Waals surface area contributed by atoms with Gasteiger partial charge in [0.1, 0.15) is 6.61 Å². The van der Waals surface area contributed by atoms with E-state index in [4.69, 9.17) is 15.2 Å². The largest absolute Gasteiger partial charge is 0.473 e. The predicted molar refractivity (Wildman–Crippen MR) is 92.7 cm³/mol. The summed E-state index contributed by atoms with van der Waals surface area (Å²) in [5.41, 5.74) is 8.09. The zero-order chi connectivity index (χ0) is 16.6. The molecule has 1 aromatic carbocycles. The summed E-state index contributed by atoms with van der Waals surface area (Å²) in [5, 5.41) is 0. The van der Waals surface area contributed by atoms with Crippen LogP contribution in [-0.4, -0.2) is 42.1 Å². The molecule has 3 rings (SSSR count). The third-order valence-corrected chi connectivity index (χ3v) is 3.81. The first-order chi connectivity index (χ1) is 11.8. The van der Waals surface area contributed by atoms with Gasteiger partial charge in [0, 0.05) is 24.8 Å². The van der Waals surface area contributed by atoms with Crippen LogP contribution in [0.2, 0.25) is 0 Å². The Hall–Kier alpha value is -2.60. The summed E-state index contributed by atoms with van der Waals surface area (Å²) >= 11 is 0. The van der Waals surface area contributed by atoms with E-state index < -0.39 is 0 Å². The van der Waals surface area contributed by atoms with E-state index in [9.17, 15) is 0 Å². The SMILES string of the molecule is NC(=NCc1cccnc1OCc1ccccc1)N1CCOCC1. The fourth-order valence-corrected chi connectivity index (χ4v) is 2.46. The molecule has 0 saturated carbocycles. The molecule has 2 heterocycles. The Labute approximate surface area is 141 Å². The van der Waals surface area contributed by atoms with Gasteiger partial charge >= 0.3 is 0 Å². The Morgan fingerprint density at radius 3 is 2.75 bits per heavy atom. The molecule has 6 nitrogen and oxygen atoms in total. The van der Waals surface area contributed by atoms with Crippen LogP contribution in [-0.2, 0) is 17.9 Å². The van der Waals surface area contributed by atoms with Gasteiger partial charge in [-0.25, -0.2) is 9.98 Å². The zero-order valence-corrected chi connectivity index (χ0v) is 13.6. The number of nitrogens with two attached hydrogens (primary N) is 1. The zero-order valence-electron chi connectivity index (χ0n) is 13.6. The Morgan fingerprint density at radius 1 is 1.17 bits per heavy atom. The van der Waals surface area contributed by atoms with Crippen LogP contribution >= 0.6 is 0 Å². The van der Waals surface area contributed by atoms with Crippen molar-refractivity contribution in [3.63, 3.8) is 0 Å². The first-order valence-electron chi connectivity index (χ1n) is 8.06. The molecule has 126 valence electrons. The number of aliphatic imine (C=N–C) groups is 1. The standard InChI is InChI=1S/C18H22N4O2/c19-18(22-9-11-23-12-10-22)21-13-16-7-4-8-20-17(16)24-14-15-5-2-1-3-6-15/h1-8H,9-14H2,(H2,19,21). The highest BCUT2D eigenvalue weighted by molar-refractivity contribution is 5.78. The molecule has 1 aliphatic heterocycles. The van der Waals surface area contributed by atoms with E-state index in [2.05, 4.69) is 9.98 Å². The van der Waals surface area contributed by atoms with Crippen LogP contribution in [0.15, 0.2) is 53.7 Å². The fraction of sp³-hybridized carbons (Fsp3) is 0.333. The monoisotopic (exact) mass is 326 g/mol. The van der Waals surface area contributed by atoms with Crippen molar-refractivity contribution in [3.05, 3.63) is 59.8 Å². The summed E-state index contributed by atoms with van der Waals surface area (Å²) in [6.45, 7) is 3.86. The number of ether oxygens (including phenoxy) is 2. The molecule has 2 aromatic rings. The van der Waals surface area contributed by atoms with Gasteiger partial charge in [-0.2, -0.15) is 0 Å². The molecule has 0 atom stereocenters. The van der Waals surface area contributed by atoms with Gasteiger partial charge in [0.2, 0.25) is 5.88 Å². The number of hydrogen-bond acceptors (Lipinski definition) is 4. The number of pyridine rings is 1. The molecule has 1 saturated heterocycles. The normalized spacial score (nSPS) is 15.3. The fourth-order valence-electron chi connectivity index (χ4n) is 2.46. The maximum atomic E-state index is 6.07. The average molecular weight is 326 g/mol. The van der Waals surface area contributed by atoms with Gasteiger partial charge in [-0.1, -0.05) is 36.4 Å². The summed E-state index contributed by atoms with van der Waals surface area (Å²) in [6.07, 6.45) is 1.72. The summed E-state index contributed by atoms with van der Waals surface area (Å²) in [4.78, 5) is 10.8. The molecule has 0 spiro atoms. The van der Waals surface area contributed by atoms with E-state index in [1.165, 1.54) is 0 Å². The summed E-state index contributed by atoms with van der Waals surface area (Å²) in [7, 11) is 0. The summed E-state index contributed by atoms with van der Waals surface area (Å²) < 4.78 is 11.2. The molecule has 0 amide bonds. The highest BCUT2D eigenvalue weighted by atomic mass is 16.5. The Morgan fingerprint density at radius 2 is 1.96 bits per heavy atom. The smallest absolute Gasteiger partial charge is 0.218 e. The van der Waals surface area contributed by atoms with Crippen LogP contribution in [0.25, 0.3) is 0 Å². The molecular weight excluding hydrogens is 304 g/mol. The summed E-state index contributed by atoms with van der Waals surface area (Å²) in [5.74, 6) is 1.14. The Bertz CT molecular complexity index is 670. The van der Waals surface area contributed by atoms with Crippen molar-refractivity contribution < 1.29 is 9.47 Å². The lowest BCUT2D eigenvalue weighted by Crippen LogP contribution is -2.44. The molecule has 0 bridgehead atoms. The minimum Gasteiger partial charge on any atom is -0.473 e. The minimum atomic E-state index is 0.446. The van der Waals surface area contributed by atoms with Crippen molar-refractivity contribution in [2.75, 3.05) is 26.3 Å². The van der Waals surface area contributed by atoms with E-state index in [0.29, 0.717) is 38.2 Å². The maximum Gasteiger partial charge on any atom is 0.218 e. The van der Waals surface area contributed by atoms with Gasteiger partial charge in [0.15, 0.2) is 5.96 Å². The molecule has 0 radical (unpaired) electrons. The van der Waals surface area contributed by atoms with Gasteiger partial charge in [-0.3, -0.25) is 0 Å². The lowest BCUT2D eigenvalue weighted by Gasteiger charge is -2.27. The third kappa shape index (κ3) is 4.45. The third-order valence-electron chi connectivity index (χ3n) is 3.81. The van der Waals surface area contributed by atoms with E-state index in [1.54, 1.807) is 6.20 Å². The van der Waals surface area contributed by atoms with E-state index in [1.807, 2.05) is 47.4 Å². The van der Waals surface area contributed by atoms with Crippen molar-refractivity contribution in [2.24, 2.45) is 10.7 Å². The maximum absolute atomic E-state index is 6.07. The number of benzene rings is 1. The van der Waals surface area contributed by atoms with Crippen molar-refractivity contribution in [2.45, 2.75) is 13.2 Å². The quantitative estimate of drug-likeness (QED) is 0.670. The molecule has 1 aliphatic rings. The number of aromatic nitrogens is 1. The Balaban J connectivity index is 1.63. The highest BCUT2D eigenvalue weighted by Gasteiger charge is 2.12. The lowest BCUT2D eigenvalue weighted by atomic mass is 10.2. The molecule has 1 aromatic heterocycles. The van der Waals surface area contributed by atoms with Crippen LogP contribution in [0, 0.1) is 0 Å². The van der Waals surface area contributed by atoms with Crippen LogP contribution < -0.4 is 10.5 Å². The average Bonchev–Trinajstić information content (AvgIpc) is 2.66. The number of hydrogen-bond donors (Lipinski definition) is 1. The molecule has 0 unspecified atom stereocenters. The van der Waals surface area contributed by atoms with Crippen LogP contribution in [0.4, 0.5) is 0 Å². The van der Waals surface area contributed by atoms with E-state index in [-0.39, 0.29) is 0 Å². The van der Waals surface area contributed by atoms with Crippen LogP contribution in [0.3, 0.4) is 0 Å². The van der Waals surface area contributed by atoms with Gasteiger partial charge in [0.05, 0.1) is 19.8 Å². The second-order valence-electron chi connectivity index (χ2n) is 5.52. The predicted octanol–water partition coefficient (Wildman–Crippen LogP) is 1.81. The van der Waals surface area contributed by atoms with Gasteiger partial charge < -0.3 is 20.1 Å². The van der Waals surface area contributed by atoms with E-state index >= 15 is 0 Å².